The van der Waals surface area contributed by atoms with Crippen molar-refractivity contribution in [2.75, 3.05) is 0 Å². The quantitative estimate of drug-likeness (QED) is 0.137. The predicted octanol–water partition coefficient (Wildman–Crippen LogP) is 7.30. The van der Waals surface area contributed by atoms with Gasteiger partial charge >= 0.3 is 8.80 Å². The van der Waals surface area contributed by atoms with Crippen molar-refractivity contribution in [3.8, 4) is 0 Å². The zero-order valence-corrected chi connectivity index (χ0v) is 22.9. The van der Waals surface area contributed by atoms with Gasteiger partial charge in [-0.25, -0.2) is 28.4 Å². The molecule has 0 bridgehead atoms. The van der Waals surface area contributed by atoms with Crippen molar-refractivity contribution in [3.63, 3.8) is 0 Å². The molecule has 0 aliphatic heterocycles. The monoisotopic (exact) mass is 508 g/mol. The Morgan fingerprint density at radius 1 is 0.500 bits per heavy atom. The highest BCUT2D eigenvalue weighted by Gasteiger charge is 2.49. The Labute approximate surface area is 215 Å². The van der Waals surface area contributed by atoms with Crippen molar-refractivity contribution >= 4 is 8.80 Å². The molecule has 0 aliphatic carbocycles. The summed E-state index contributed by atoms with van der Waals surface area (Å²) in [5, 5.41) is 0. The van der Waals surface area contributed by atoms with Gasteiger partial charge in [-0.2, -0.15) is 0 Å². The number of hydrogen-bond acceptors (Lipinski definition) is 6. The first-order valence-corrected chi connectivity index (χ1v) is 13.7. The van der Waals surface area contributed by atoms with Gasteiger partial charge in [-0.3, -0.25) is 0 Å². The largest absolute Gasteiger partial charge is 0.612 e. The minimum Gasteiger partial charge on any atom is -0.232 e. The van der Waals surface area contributed by atoms with E-state index in [1.54, 1.807) is 0 Å². The smallest absolute Gasteiger partial charge is 0.232 e. The SMILES string of the molecule is C=C[Si](OOC(C)(C)c1ccccc1)(OOC(C)(C)c1ccccc1)OOC(C)(C)c1ccccc1. The van der Waals surface area contributed by atoms with Gasteiger partial charge in [0, 0.05) is 0 Å². The van der Waals surface area contributed by atoms with E-state index in [-0.39, 0.29) is 0 Å². The van der Waals surface area contributed by atoms with Crippen LogP contribution in [0.3, 0.4) is 0 Å². The van der Waals surface area contributed by atoms with E-state index in [1.165, 1.54) is 5.70 Å². The third kappa shape index (κ3) is 7.21. The van der Waals surface area contributed by atoms with Crippen LogP contribution in [0.4, 0.5) is 0 Å². The molecule has 192 valence electrons. The van der Waals surface area contributed by atoms with Crippen LogP contribution in [0, 0.1) is 0 Å². The molecule has 0 spiro atoms. The molecule has 6 nitrogen and oxygen atoms in total. The third-order valence-electron chi connectivity index (χ3n) is 5.76. The van der Waals surface area contributed by atoms with Crippen LogP contribution in [-0.4, -0.2) is 8.80 Å². The van der Waals surface area contributed by atoms with Crippen LogP contribution in [0.15, 0.2) is 103 Å². The van der Waals surface area contributed by atoms with Crippen molar-refractivity contribution in [1.82, 2.24) is 0 Å². The van der Waals surface area contributed by atoms with E-state index < -0.39 is 25.6 Å². The van der Waals surface area contributed by atoms with E-state index in [4.69, 9.17) is 28.4 Å². The first-order chi connectivity index (χ1) is 17.0. The van der Waals surface area contributed by atoms with Crippen LogP contribution < -0.4 is 0 Å². The van der Waals surface area contributed by atoms with E-state index in [2.05, 4.69) is 6.58 Å². The highest BCUT2D eigenvalue weighted by Crippen LogP contribution is 2.32. The van der Waals surface area contributed by atoms with Gasteiger partial charge < -0.3 is 0 Å². The van der Waals surface area contributed by atoms with Gasteiger partial charge in [0.1, 0.15) is 16.8 Å². The van der Waals surface area contributed by atoms with Crippen molar-refractivity contribution in [2.45, 2.75) is 58.3 Å². The summed E-state index contributed by atoms with van der Waals surface area (Å²) in [7, 11) is -3.90. The van der Waals surface area contributed by atoms with Crippen LogP contribution in [0.1, 0.15) is 58.2 Å². The minimum absolute atomic E-state index is 0.820. The lowest BCUT2D eigenvalue weighted by Crippen LogP contribution is -2.48. The number of rotatable bonds is 13. The summed E-state index contributed by atoms with van der Waals surface area (Å²) in [5.74, 6) is 0. The molecule has 0 amide bonds. The Morgan fingerprint density at radius 3 is 0.972 bits per heavy atom. The highest BCUT2D eigenvalue weighted by molar-refractivity contribution is 6.65. The standard InChI is InChI=1S/C29H36O6Si/c1-8-36(33-30-27(2,3)24-18-12-9-13-19-24,34-31-28(4,5)25-20-14-10-15-21-25)35-32-29(6,7)26-22-16-11-17-23-26/h8-23H,1H2,2-7H3. The van der Waals surface area contributed by atoms with Gasteiger partial charge in [-0.05, 0) is 63.9 Å². The summed E-state index contributed by atoms with van der Waals surface area (Å²) in [5.41, 5.74) is 1.68. The molecule has 0 unspecified atom stereocenters. The molecule has 0 fully saturated rings. The Balaban J connectivity index is 1.83. The van der Waals surface area contributed by atoms with Gasteiger partial charge in [0.2, 0.25) is 0 Å². The summed E-state index contributed by atoms with van der Waals surface area (Å²) in [6, 6.07) is 29.1. The Kier molecular flexibility index (Phi) is 9.02. The lowest BCUT2D eigenvalue weighted by atomic mass is 9.99. The molecule has 36 heavy (non-hydrogen) atoms. The molecule has 0 atom stereocenters. The number of hydrogen-bond donors (Lipinski definition) is 0. The van der Waals surface area contributed by atoms with Gasteiger partial charge in [0.15, 0.2) is 0 Å². The Hall–Kier alpha value is -2.62. The van der Waals surface area contributed by atoms with Gasteiger partial charge in [0.25, 0.3) is 0 Å². The van der Waals surface area contributed by atoms with Gasteiger partial charge in [0.05, 0.1) is 0 Å². The molecular formula is C29H36O6Si. The van der Waals surface area contributed by atoms with Crippen LogP contribution in [0.25, 0.3) is 0 Å². The van der Waals surface area contributed by atoms with Crippen LogP contribution in [0.5, 0.6) is 0 Å². The molecule has 3 aromatic rings. The zero-order valence-electron chi connectivity index (χ0n) is 21.9. The second kappa shape index (κ2) is 11.6. The van der Waals surface area contributed by atoms with Crippen LogP contribution in [-0.2, 0) is 45.2 Å². The summed E-state index contributed by atoms with van der Waals surface area (Å²) < 4.78 is 17.7. The molecule has 0 N–H and O–H groups in total. The first-order valence-electron chi connectivity index (χ1n) is 11.9. The van der Waals surface area contributed by atoms with E-state index in [1.807, 2.05) is 133 Å². The fraction of sp³-hybridized carbons (Fsp3) is 0.310. The lowest BCUT2D eigenvalue weighted by Gasteiger charge is -2.34. The van der Waals surface area contributed by atoms with E-state index in [0.29, 0.717) is 0 Å². The molecule has 0 aliphatic rings. The third-order valence-corrected chi connectivity index (χ3v) is 7.20. The predicted molar refractivity (Wildman–Crippen MR) is 141 cm³/mol. The highest BCUT2D eigenvalue weighted by atomic mass is 28.4. The molecule has 7 heteroatoms. The molecule has 0 aromatic heterocycles. The molecule has 3 aromatic carbocycles. The first kappa shape index (κ1) is 28.0. The summed E-state index contributed by atoms with van der Waals surface area (Å²) in [6.07, 6.45) is 0. The van der Waals surface area contributed by atoms with E-state index in [0.717, 1.165) is 16.7 Å². The van der Waals surface area contributed by atoms with Gasteiger partial charge in [-0.15, -0.1) is 0 Å². The van der Waals surface area contributed by atoms with Crippen molar-refractivity contribution in [3.05, 3.63) is 120 Å². The maximum atomic E-state index is 5.89. The summed E-state index contributed by atoms with van der Waals surface area (Å²) in [6.45, 7) is 15.2. The van der Waals surface area contributed by atoms with E-state index in [9.17, 15) is 0 Å². The van der Waals surface area contributed by atoms with Crippen LogP contribution in [0.2, 0.25) is 0 Å². The normalized spacial score (nSPS) is 12.9. The second-order valence-corrected chi connectivity index (χ2v) is 12.1. The molecule has 3 rings (SSSR count). The Bertz CT molecular complexity index is 950. The molecular weight excluding hydrogens is 472 g/mol. The maximum Gasteiger partial charge on any atom is 0.612 e. The lowest BCUT2D eigenvalue weighted by molar-refractivity contribution is -0.415. The summed E-state index contributed by atoms with van der Waals surface area (Å²) in [4.78, 5) is 17.7. The fourth-order valence-corrected chi connectivity index (χ4v) is 4.55. The van der Waals surface area contributed by atoms with Crippen molar-refractivity contribution in [1.29, 1.82) is 0 Å². The van der Waals surface area contributed by atoms with Crippen molar-refractivity contribution < 1.29 is 28.4 Å². The number of benzene rings is 3. The average Bonchev–Trinajstić information content (AvgIpc) is 2.90. The molecule has 0 heterocycles. The minimum atomic E-state index is -3.90. The molecule has 0 radical (unpaired) electrons. The van der Waals surface area contributed by atoms with Crippen molar-refractivity contribution in [2.24, 2.45) is 0 Å². The topological polar surface area (TPSA) is 55.4 Å². The van der Waals surface area contributed by atoms with Gasteiger partial charge in [-0.1, -0.05) is 97.6 Å². The zero-order chi connectivity index (χ0) is 26.3. The Morgan fingerprint density at radius 2 is 0.750 bits per heavy atom. The molecule has 0 saturated heterocycles. The second-order valence-electron chi connectivity index (χ2n) is 9.94. The summed E-state index contributed by atoms with van der Waals surface area (Å²) >= 11 is 0. The fourth-order valence-electron chi connectivity index (χ4n) is 3.29. The van der Waals surface area contributed by atoms with E-state index >= 15 is 0 Å². The average molecular weight is 509 g/mol. The maximum absolute atomic E-state index is 5.89. The van der Waals surface area contributed by atoms with Crippen LogP contribution >= 0.6 is 0 Å². The molecule has 0 saturated carbocycles.